The molecule has 0 radical (unpaired) electrons. The minimum atomic E-state index is -0.973. The van der Waals surface area contributed by atoms with Gasteiger partial charge in [-0.3, -0.25) is 19.3 Å². The number of ether oxygens (including phenoxy) is 2. The molecule has 7 nitrogen and oxygen atoms in total. The van der Waals surface area contributed by atoms with Crippen molar-refractivity contribution in [3.05, 3.63) is 93.9 Å². The van der Waals surface area contributed by atoms with Crippen LogP contribution in [0.3, 0.4) is 0 Å². The zero-order valence-corrected chi connectivity index (χ0v) is 22.5. The summed E-state index contributed by atoms with van der Waals surface area (Å²) in [6.45, 7) is 0.333. The number of rotatable bonds is 7. The number of halogens is 1. The van der Waals surface area contributed by atoms with Gasteiger partial charge in [-0.25, -0.2) is 4.90 Å². The number of amides is 3. The number of carbonyl (C=O) groups is 3. The van der Waals surface area contributed by atoms with Crippen LogP contribution in [-0.2, 0) is 21.0 Å². The first-order valence-corrected chi connectivity index (χ1v) is 13.2. The van der Waals surface area contributed by atoms with Crippen LogP contribution in [0.4, 0.5) is 5.69 Å². The third-order valence-electron chi connectivity index (χ3n) is 6.07. The Labute approximate surface area is 234 Å². The van der Waals surface area contributed by atoms with Gasteiger partial charge in [-0.15, -0.1) is 0 Å². The van der Waals surface area contributed by atoms with Crippen LogP contribution in [0.2, 0.25) is 5.02 Å². The van der Waals surface area contributed by atoms with Crippen LogP contribution in [-0.4, -0.2) is 40.1 Å². The van der Waals surface area contributed by atoms with Crippen LogP contribution >= 0.6 is 35.6 Å². The number of imide groups is 1. The lowest BCUT2D eigenvalue weighted by molar-refractivity contribution is -0.129. The second kappa shape index (κ2) is 11.0. The molecular weight excluding hydrogens is 544 g/mol. The van der Waals surface area contributed by atoms with Gasteiger partial charge in [-0.2, -0.15) is 0 Å². The van der Waals surface area contributed by atoms with E-state index in [4.69, 9.17) is 33.3 Å². The maximum absolute atomic E-state index is 13.3. The second-order valence-electron chi connectivity index (χ2n) is 8.50. The Kier molecular flexibility index (Phi) is 7.51. The number of thioether (sulfide) groups is 1. The highest BCUT2D eigenvalue weighted by molar-refractivity contribution is 8.26. The average Bonchev–Trinajstić information content (AvgIpc) is 3.36. The molecule has 2 aliphatic rings. The van der Waals surface area contributed by atoms with Crippen LogP contribution in [0.1, 0.15) is 17.5 Å². The summed E-state index contributed by atoms with van der Waals surface area (Å²) in [6, 6.07) is 20.3. The minimum absolute atomic E-state index is 0.124. The van der Waals surface area contributed by atoms with Gasteiger partial charge in [0.1, 0.15) is 17.0 Å². The van der Waals surface area contributed by atoms with Crippen LogP contribution in [0.25, 0.3) is 6.08 Å². The van der Waals surface area contributed by atoms with E-state index in [1.807, 2.05) is 12.1 Å². The Bertz CT molecular complexity index is 1460. The van der Waals surface area contributed by atoms with Crippen molar-refractivity contribution in [2.45, 2.75) is 19.1 Å². The van der Waals surface area contributed by atoms with Gasteiger partial charge in [0.25, 0.3) is 11.8 Å². The minimum Gasteiger partial charge on any atom is -0.493 e. The molecule has 10 heteroatoms. The summed E-state index contributed by atoms with van der Waals surface area (Å²) in [4.78, 5) is 41.8. The molecule has 2 heterocycles. The highest BCUT2D eigenvalue weighted by Gasteiger charge is 2.48. The lowest BCUT2D eigenvalue weighted by atomic mass is 10.1. The number of para-hydroxylation sites is 1. The smallest absolute Gasteiger partial charge is 0.266 e. The first-order chi connectivity index (χ1) is 18.4. The van der Waals surface area contributed by atoms with Crippen LogP contribution < -0.4 is 14.4 Å². The van der Waals surface area contributed by atoms with Crippen molar-refractivity contribution in [1.82, 2.24) is 4.90 Å². The van der Waals surface area contributed by atoms with Gasteiger partial charge in [0, 0.05) is 5.02 Å². The van der Waals surface area contributed by atoms with Crippen molar-refractivity contribution in [3.8, 4) is 11.5 Å². The fraction of sp³-hybridized carbons (Fsp3) is 0.143. The fourth-order valence-corrected chi connectivity index (χ4v) is 5.68. The van der Waals surface area contributed by atoms with Crippen molar-refractivity contribution >= 4 is 69.4 Å². The van der Waals surface area contributed by atoms with Gasteiger partial charge in [0.2, 0.25) is 5.91 Å². The number of hydrogen-bond donors (Lipinski definition) is 0. The molecule has 2 fully saturated rings. The number of hydrogen-bond acceptors (Lipinski definition) is 7. The maximum atomic E-state index is 13.3. The average molecular weight is 565 g/mol. The van der Waals surface area contributed by atoms with Gasteiger partial charge in [0.15, 0.2) is 11.5 Å². The van der Waals surface area contributed by atoms with Gasteiger partial charge in [-0.1, -0.05) is 72.0 Å². The van der Waals surface area contributed by atoms with E-state index in [1.165, 1.54) is 12.0 Å². The predicted molar refractivity (Wildman–Crippen MR) is 151 cm³/mol. The molecule has 1 unspecified atom stereocenters. The highest BCUT2D eigenvalue weighted by atomic mass is 35.5. The molecule has 192 valence electrons. The molecule has 0 N–H and O–H groups in total. The van der Waals surface area contributed by atoms with Gasteiger partial charge >= 0.3 is 0 Å². The lowest BCUT2D eigenvalue weighted by Crippen LogP contribution is -2.44. The first-order valence-electron chi connectivity index (χ1n) is 11.6. The number of carbonyl (C=O) groups excluding carboxylic acids is 3. The Balaban J connectivity index is 1.32. The molecule has 3 aromatic rings. The number of benzene rings is 3. The lowest BCUT2D eigenvalue weighted by Gasteiger charge is -2.21. The summed E-state index contributed by atoms with van der Waals surface area (Å²) in [6.07, 6.45) is 1.56. The molecule has 2 saturated heterocycles. The summed E-state index contributed by atoms with van der Waals surface area (Å²) >= 11 is 12.5. The quantitative estimate of drug-likeness (QED) is 0.214. The number of nitrogens with zero attached hydrogens (tertiary/aromatic N) is 2. The standard InChI is InChI=1S/C28H21ClN2O5S2/c1-35-23-13-18(9-12-22(23)36-16-17-7-10-19(29)11-8-17)14-24-27(34)31(28(37)38-24)21-15-25(32)30(26(21)33)20-5-3-2-4-6-20/h2-14,21H,15-16H2,1H3/b24-14-. The maximum Gasteiger partial charge on any atom is 0.266 e. The third kappa shape index (κ3) is 5.18. The SMILES string of the molecule is COc1cc(/C=C2\SC(=S)N(C3CC(=O)N(c4ccccc4)C3=O)C2=O)ccc1OCc1ccc(Cl)cc1. The molecule has 2 aliphatic heterocycles. The molecule has 38 heavy (non-hydrogen) atoms. The van der Waals surface area contributed by atoms with Crippen molar-refractivity contribution in [1.29, 1.82) is 0 Å². The zero-order chi connectivity index (χ0) is 26.8. The van der Waals surface area contributed by atoms with Crippen molar-refractivity contribution in [2.75, 3.05) is 12.0 Å². The van der Waals surface area contributed by atoms with E-state index < -0.39 is 17.9 Å². The molecule has 1 atom stereocenters. The molecule has 0 bridgehead atoms. The van der Waals surface area contributed by atoms with E-state index in [1.54, 1.807) is 66.7 Å². The third-order valence-corrected chi connectivity index (χ3v) is 7.65. The van der Waals surface area contributed by atoms with Crippen LogP contribution in [0.5, 0.6) is 11.5 Å². The fourth-order valence-electron chi connectivity index (χ4n) is 4.20. The highest BCUT2D eigenvalue weighted by Crippen LogP contribution is 2.38. The molecular formula is C28H21ClN2O5S2. The van der Waals surface area contributed by atoms with E-state index in [0.29, 0.717) is 39.3 Å². The number of methoxy groups -OCH3 is 1. The number of anilines is 1. The van der Waals surface area contributed by atoms with E-state index in [2.05, 4.69) is 0 Å². The van der Waals surface area contributed by atoms with Crippen molar-refractivity contribution < 1.29 is 23.9 Å². The molecule has 0 spiro atoms. The van der Waals surface area contributed by atoms with Gasteiger partial charge in [-0.05, 0) is 53.6 Å². The van der Waals surface area contributed by atoms with E-state index in [-0.39, 0.29) is 16.6 Å². The Morgan fingerprint density at radius 2 is 1.76 bits per heavy atom. The summed E-state index contributed by atoms with van der Waals surface area (Å²) < 4.78 is 11.6. The Morgan fingerprint density at radius 1 is 1.03 bits per heavy atom. The normalized spacial score (nSPS) is 18.6. The van der Waals surface area contributed by atoms with Gasteiger partial charge in [0.05, 0.1) is 24.1 Å². The zero-order valence-electron chi connectivity index (χ0n) is 20.1. The predicted octanol–water partition coefficient (Wildman–Crippen LogP) is 5.46. The molecule has 0 aromatic heterocycles. The van der Waals surface area contributed by atoms with Crippen LogP contribution in [0.15, 0.2) is 77.7 Å². The second-order valence-corrected chi connectivity index (χ2v) is 10.6. The topological polar surface area (TPSA) is 76.2 Å². The van der Waals surface area contributed by atoms with E-state index >= 15 is 0 Å². The molecule has 5 rings (SSSR count). The summed E-state index contributed by atoms with van der Waals surface area (Å²) in [5.41, 5.74) is 2.12. The van der Waals surface area contributed by atoms with Gasteiger partial charge < -0.3 is 9.47 Å². The monoisotopic (exact) mass is 564 g/mol. The number of thiocarbonyl (C=S) groups is 1. The molecule has 0 saturated carbocycles. The van der Waals surface area contributed by atoms with Crippen molar-refractivity contribution in [2.24, 2.45) is 0 Å². The summed E-state index contributed by atoms with van der Waals surface area (Å²) in [5, 5.41) is 0.651. The summed E-state index contributed by atoms with van der Waals surface area (Å²) in [5.74, 6) is -0.213. The largest absolute Gasteiger partial charge is 0.493 e. The molecule has 3 amide bonds. The van der Waals surface area contributed by atoms with E-state index in [0.717, 1.165) is 22.2 Å². The Morgan fingerprint density at radius 3 is 2.47 bits per heavy atom. The molecule has 0 aliphatic carbocycles. The first kappa shape index (κ1) is 26.0. The van der Waals surface area contributed by atoms with E-state index in [9.17, 15) is 14.4 Å². The summed E-state index contributed by atoms with van der Waals surface area (Å²) in [7, 11) is 1.54. The van der Waals surface area contributed by atoms with Crippen molar-refractivity contribution in [3.63, 3.8) is 0 Å². The van der Waals surface area contributed by atoms with Crippen LogP contribution in [0, 0.1) is 0 Å². The Hall–Kier alpha value is -3.66. The molecule has 3 aromatic carbocycles.